The first-order valence-electron chi connectivity index (χ1n) is 8.80. The molecule has 0 aromatic carbocycles. The summed E-state index contributed by atoms with van der Waals surface area (Å²) in [4.78, 5) is 0. The van der Waals surface area contributed by atoms with Crippen LogP contribution in [0.2, 0.25) is 0 Å². The molecule has 3 fully saturated rings. The van der Waals surface area contributed by atoms with Crippen molar-refractivity contribution in [3.63, 3.8) is 0 Å². The molecule has 0 bridgehead atoms. The van der Waals surface area contributed by atoms with Crippen molar-refractivity contribution in [2.45, 2.75) is 64.4 Å². The summed E-state index contributed by atoms with van der Waals surface area (Å²) in [7, 11) is 0. The summed E-state index contributed by atoms with van der Waals surface area (Å²) in [6.45, 7) is 2.32. The van der Waals surface area contributed by atoms with Crippen molar-refractivity contribution < 1.29 is 9.50 Å². The van der Waals surface area contributed by atoms with Crippen LogP contribution in [0, 0.1) is 29.1 Å². The Morgan fingerprint density at radius 2 is 2.10 bits per heavy atom. The maximum Gasteiger partial charge on any atom is 0.0864 e. The summed E-state index contributed by atoms with van der Waals surface area (Å²) >= 11 is 0. The largest absolute Gasteiger partial charge is 0.393 e. The highest BCUT2D eigenvalue weighted by Gasteiger charge is 2.53. The lowest BCUT2D eigenvalue weighted by atomic mass is 9.52. The van der Waals surface area contributed by atoms with E-state index in [-0.39, 0.29) is 11.5 Å². The molecule has 0 heterocycles. The van der Waals surface area contributed by atoms with Crippen molar-refractivity contribution in [2.24, 2.45) is 29.1 Å². The molecule has 3 saturated carbocycles. The zero-order chi connectivity index (χ0) is 14.6. The van der Waals surface area contributed by atoms with Gasteiger partial charge in [-0.2, -0.15) is 0 Å². The number of hydrogen-bond donors (Lipinski definition) is 1. The van der Waals surface area contributed by atoms with Crippen LogP contribution in [0.4, 0.5) is 4.39 Å². The van der Waals surface area contributed by atoms with Gasteiger partial charge in [-0.3, -0.25) is 0 Å². The highest BCUT2D eigenvalue weighted by atomic mass is 19.1. The zero-order valence-corrected chi connectivity index (χ0v) is 13.0. The van der Waals surface area contributed by atoms with Gasteiger partial charge in [0.05, 0.1) is 12.4 Å². The quantitative estimate of drug-likeness (QED) is 0.637. The van der Waals surface area contributed by atoms with E-state index in [0.717, 1.165) is 48.9 Å². The topological polar surface area (TPSA) is 20.2 Å². The van der Waals surface area contributed by atoms with Crippen LogP contribution in [0.3, 0.4) is 0 Å². The Morgan fingerprint density at radius 1 is 1.24 bits per heavy atom. The molecule has 0 aliphatic heterocycles. The van der Waals surface area contributed by atoms with E-state index in [2.05, 4.69) is 13.0 Å². The Bertz CT molecular complexity index is 494. The maximum absolute atomic E-state index is 13.2. The Labute approximate surface area is 127 Å². The molecular weight excluding hydrogens is 263 g/mol. The summed E-state index contributed by atoms with van der Waals surface area (Å²) in [6, 6.07) is 0. The Kier molecular flexibility index (Phi) is 3.29. The number of aliphatic hydroxyl groups is 1. The lowest BCUT2D eigenvalue weighted by molar-refractivity contribution is 0.0138. The number of aliphatic hydroxyl groups excluding tert-OH is 1. The van der Waals surface area contributed by atoms with Crippen molar-refractivity contribution in [1.82, 2.24) is 0 Å². The Hall–Kier alpha value is -0.630. The van der Waals surface area contributed by atoms with Gasteiger partial charge >= 0.3 is 0 Å². The van der Waals surface area contributed by atoms with Gasteiger partial charge in [0.1, 0.15) is 0 Å². The van der Waals surface area contributed by atoms with Crippen LogP contribution in [0.5, 0.6) is 0 Å². The van der Waals surface area contributed by atoms with Gasteiger partial charge in [0.15, 0.2) is 0 Å². The third-order valence-electron chi connectivity index (χ3n) is 7.40. The van der Waals surface area contributed by atoms with E-state index >= 15 is 0 Å². The fourth-order valence-electron chi connectivity index (χ4n) is 6.28. The van der Waals surface area contributed by atoms with E-state index in [1.165, 1.54) is 37.7 Å². The van der Waals surface area contributed by atoms with Gasteiger partial charge in [0.2, 0.25) is 0 Å². The third kappa shape index (κ3) is 1.98. The van der Waals surface area contributed by atoms with Gasteiger partial charge in [-0.1, -0.05) is 18.6 Å². The molecule has 1 N–H and O–H groups in total. The highest BCUT2D eigenvalue weighted by Crippen LogP contribution is 2.63. The van der Waals surface area contributed by atoms with Gasteiger partial charge in [-0.15, -0.1) is 0 Å². The maximum atomic E-state index is 13.2. The van der Waals surface area contributed by atoms with Crippen molar-refractivity contribution in [3.8, 4) is 0 Å². The van der Waals surface area contributed by atoms with Gasteiger partial charge < -0.3 is 5.11 Å². The molecule has 1 nitrogen and oxygen atoms in total. The van der Waals surface area contributed by atoms with Crippen LogP contribution in [0.25, 0.3) is 0 Å². The van der Waals surface area contributed by atoms with Crippen molar-refractivity contribution in [3.05, 3.63) is 23.6 Å². The van der Waals surface area contributed by atoms with Crippen LogP contribution in [0.1, 0.15) is 58.3 Å². The summed E-state index contributed by atoms with van der Waals surface area (Å²) in [6.07, 6.45) is 12.1. The number of rotatable bonds is 0. The van der Waals surface area contributed by atoms with Crippen molar-refractivity contribution in [2.75, 3.05) is 0 Å². The molecule has 0 amide bonds. The van der Waals surface area contributed by atoms with Gasteiger partial charge in [0, 0.05) is 0 Å². The summed E-state index contributed by atoms with van der Waals surface area (Å²) in [5.41, 5.74) is 2.76. The van der Waals surface area contributed by atoms with Crippen molar-refractivity contribution >= 4 is 0 Å². The first kappa shape index (κ1) is 14.0. The minimum absolute atomic E-state index is 0.106. The second-order valence-electron chi connectivity index (χ2n) is 8.12. The highest BCUT2D eigenvalue weighted by molar-refractivity contribution is 5.25. The SMILES string of the molecule is C[C@]12CCC3C(CC=C4CC(O)CC[C@@H]43)C1CC/C2=C\F. The third-order valence-corrected chi connectivity index (χ3v) is 7.40. The molecule has 0 saturated heterocycles. The van der Waals surface area contributed by atoms with Crippen LogP contribution in [0.15, 0.2) is 23.6 Å². The number of allylic oxidation sites excluding steroid dienone is 2. The average Bonchev–Trinajstić information content (AvgIpc) is 2.83. The van der Waals surface area contributed by atoms with Gasteiger partial charge in [-0.05, 0) is 86.0 Å². The van der Waals surface area contributed by atoms with E-state index < -0.39 is 0 Å². The fourth-order valence-corrected chi connectivity index (χ4v) is 6.28. The van der Waals surface area contributed by atoms with Gasteiger partial charge in [-0.25, -0.2) is 4.39 Å². The molecule has 0 radical (unpaired) electrons. The van der Waals surface area contributed by atoms with E-state index in [0.29, 0.717) is 5.92 Å². The fraction of sp³-hybridized carbons (Fsp3) is 0.789. The predicted molar refractivity (Wildman–Crippen MR) is 82.3 cm³/mol. The Morgan fingerprint density at radius 3 is 2.90 bits per heavy atom. The lowest BCUT2D eigenvalue weighted by Crippen LogP contribution is -2.44. The molecule has 4 aliphatic carbocycles. The molecular formula is C19H27FO. The molecule has 4 aliphatic rings. The molecule has 4 rings (SSSR count). The van der Waals surface area contributed by atoms with E-state index in [9.17, 15) is 9.50 Å². The van der Waals surface area contributed by atoms with Crippen LogP contribution in [-0.4, -0.2) is 11.2 Å². The molecule has 4 unspecified atom stereocenters. The standard InChI is InChI=1S/C19H27FO/c1-19-9-8-16-15-6-4-14(21)10-12(15)2-5-17(16)18(19)7-3-13(19)11-20/h2,11,14-18,21H,3-10H2,1H3/b13-11+/t14?,15-,16?,17?,18?,19+/m0/s1. The first-order valence-corrected chi connectivity index (χ1v) is 8.80. The summed E-state index contributed by atoms with van der Waals surface area (Å²) < 4.78 is 13.2. The van der Waals surface area contributed by atoms with Crippen LogP contribution >= 0.6 is 0 Å². The number of fused-ring (bicyclic) bond motifs is 5. The average molecular weight is 290 g/mol. The smallest absolute Gasteiger partial charge is 0.0864 e. The van der Waals surface area contributed by atoms with Crippen LogP contribution in [-0.2, 0) is 0 Å². The predicted octanol–water partition coefficient (Wildman–Crippen LogP) is 4.77. The molecule has 2 heteroatoms. The number of halogens is 1. The minimum Gasteiger partial charge on any atom is -0.393 e. The summed E-state index contributed by atoms with van der Waals surface area (Å²) in [5, 5.41) is 9.91. The van der Waals surface area contributed by atoms with Gasteiger partial charge in [0.25, 0.3) is 0 Å². The molecule has 21 heavy (non-hydrogen) atoms. The first-order chi connectivity index (χ1) is 10.1. The second kappa shape index (κ2) is 4.94. The molecule has 116 valence electrons. The lowest BCUT2D eigenvalue weighted by Gasteiger charge is -2.52. The molecule has 0 aromatic rings. The molecule has 0 aromatic heterocycles. The minimum atomic E-state index is -0.106. The summed E-state index contributed by atoms with van der Waals surface area (Å²) in [5.74, 6) is 2.96. The van der Waals surface area contributed by atoms with E-state index in [1.54, 1.807) is 0 Å². The molecule has 6 atom stereocenters. The van der Waals surface area contributed by atoms with E-state index in [4.69, 9.17) is 0 Å². The second-order valence-corrected chi connectivity index (χ2v) is 8.12. The normalized spacial score (nSPS) is 51.1. The Balaban J connectivity index is 1.63. The monoisotopic (exact) mass is 290 g/mol. The zero-order valence-electron chi connectivity index (χ0n) is 13.0. The molecule has 0 spiro atoms. The van der Waals surface area contributed by atoms with Crippen molar-refractivity contribution in [1.29, 1.82) is 0 Å². The van der Waals surface area contributed by atoms with E-state index in [1.807, 2.05) is 0 Å². The van der Waals surface area contributed by atoms with Crippen LogP contribution < -0.4 is 0 Å². The number of hydrogen-bond acceptors (Lipinski definition) is 1.